The number of benzene rings is 1. The van der Waals surface area contributed by atoms with Crippen LogP contribution in [0.15, 0.2) is 43.0 Å². The summed E-state index contributed by atoms with van der Waals surface area (Å²) in [5, 5.41) is 5.58. The predicted octanol–water partition coefficient (Wildman–Crippen LogP) is 1.78. The highest BCUT2D eigenvalue weighted by atomic mass is 16.2. The second-order valence-electron chi connectivity index (χ2n) is 5.10. The van der Waals surface area contributed by atoms with Crippen molar-refractivity contribution in [2.45, 2.75) is 18.9 Å². The van der Waals surface area contributed by atoms with E-state index in [2.05, 4.69) is 17.2 Å². The van der Waals surface area contributed by atoms with Crippen LogP contribution in [-0.2, 0) is 0 Å². The number of hydrogen-bond donors (Lipinski definition) is 2. The van der Waals surface area contributed by atoms with Crippen LogP contribution in [-0.4, -0.2) is 42.5 Å². The molecule has 112 valence electrons. The summed E-state index contributed by atoms with van der Waals surface area (Å²) in [4.78, 5) is 25.8. The number of carbonyl (C=O) groups is 2. The number of piperidine rings is 1. The number of likely N-dealkylation sites (tertiary alicyclic amines) is 1. The van der Waals surface area contributed by atoms with Crippen LogP contribution in [0.4, 0.5) is 4.79 Å². The Labute approximate surface area is 125 Å². The Hall–Kier alpha value is -2.30. The van der Waals surface area contributed by atoms with Crippen LogP contribution >= 0.6 is 0 Å². The minimum atomic E-state index is -0.214. The van der Waals surface area contributed by atoms with Gasteiger partial charge in [0.15, 0.2) is 0 Å². The number of rotatable bonds is 4. The Bertz CT molecular complexity index is 502. The maximum absolute atomic E-state index is 12.4. The van der Waals surface area contributed by atoms with Crippen molar-refractivity contribution in [3.63, 3.8) is 0 Å². The lowest BCUT2D eigenvalue weighted by Crippen LogP contribution is -2.51. The van der Waals surface area contributed by atoms with Crippen LogP contribution in [0.25, 0.3) is 0 Å². The van der Waals surface area contributed by atoms with Crippen molar-refractivity contribution < 1.29 is 9.59 Å². The average molecular weight is 287 g/mol. The summed E-state index contributed by atoms with van der Waals surface area (Å²) in [6.45, 7) is 5.28. The molecule has 1 heterocycles. The predicted molar refractivity (Wildman–Crippen MR) is 82.1 cm³/mol. The molecule has 1 aliphatic rings. The van der Waals surface area contributed by atoms with Gasteiger partial charge in [-0.15, -0.1) is 6.58 Å². The van der Waals surface area contributed by atoms with Crippen LogP contribution in [0.1, 0.15) is 23.2 Å². The summed E-state index contributed by atoms with van der Waals surface area (Å²) in [5.74, 6) is 0.0219. The molecule has 0 aliphatic carbocycles. The van der Waals surface area contributed by atoms with E-state index in [1.165, 1.54) is 0 Å². The zero-order valence-corrected chi connectivity index (χ0v) is 12.0. The third kappa shape index (κ3) is 4.34. The van der Waals surface area contributed by atoms with Crippen molar-refractivity contribution in [1.82, 2.24) is 15.5 Å². The molecule has 1 aromatic carbocycles. The summed E-state index contributed by atoms with van der Waals surface area (Å²) in [6, 6.07) is 9.02. The first-order chi connectivity index (χ1) is 10.2. The molecule has 0 aromatic heterocycles. The van der Waals surface area contributed by atoms with Crippen LogP contribution in [0.5, 0.6) is 0 Å². The van der Waals surface area contributed by atoms with Crippen molar-refractivity contribution in [3.05, 3.63) is 48.6 Å². The molecule has 2 rings (SSSR count). The minimum Gasteiger partial charge on any atom is -0.337 e. The van der Waals surface area contributed by atoms with Crippen molar-refractivity contribution >= 4 is 11.9 Å². The zero-order valence-electron chi connectivity index (χ0n) is 12.0. The molecule has 5 nitrogen and oxygen atoms in total. The largest absolute Gasteiger partial charge is 0.337 e. The van der Waals surface area contributed by atoms with Gasteiger partial charge in [-0.3, -0.25) is 4.79 Å². The second kappa shape index (κ2) is 7.47. The summed E-state index contributed by atoms with van der Waals surface area (Å²) in [5.41, 5.74) is 0.689. The molecule has 0 unspecified atom stereocenters. The van der Waals surface area contributed by atoms with Crippen molar-refractivity contribution in [3.8, 4) is 0 Å². The summed E-state index contributed by atoms with van der Waals surface area (Å²) in [6.07, 6.45) is 3.41. The Kier molecular flexibility index (Phi) is 5.37. The standard InChI is InChI=1S/C16H21N3O2/c1-2-10-17-16(21)18-14-9-6-11-19(12-14)15(20)13-7-4-3-5-8-13/h2-5,7-8,14H,1,6,9-12H2,(H2,17,18,21)/t14-/m0/s1. The van der Waals surface area contributed by atoms with Gasteiger partial charge in [0.1, 0.15) is 0 Å². The molecule has 1 aromatic rings. The van der Waals surface area contributed by atoms with Gasteiger partial charge >= 0.3 is 6.03 Å². The van der Waals surface area contributed by atoms with Crippen LogP contribution < -0.4 is 10.6 Å². The molecule has 1 atom stereocenters. The number of hydrogen-bond acceptors (Lipinski definition) is 2. The first kappa shape index (κ1) is 15.1. The lowest BCUT2D eigenvalue weighted by atomic mass is 10.0. The van der Waals surface area contributed by atoms with E-state index < -0.39 is 0 Å². The SMILES string of the molecule is C=CCNC(=O)N[C@H]1CCCN(C(=O)c2ccccc2)C1. The van der Waals surface area contributed by atoms with Gasteiger partial charge in [-0.25, -0.2) is 4.79 Å². The minimum absolute atomic E-state index is 0.00349. The molecular formula is C16H21N3O2. The maximum Gasteiger partial charge on any atom is 0.315 e. The molecule has 21 heavy (non-hydrogen) atoms. The van der Waals surface area contributed by atoms with Crippen LogP contribution in [0.3, 0.4) is 0 Å². The topological polar surface area (TPSA) is 61.4 Å². The van der Waals surface area contributed by atoms with Gasteiger partial charge in [0.25, 0.3) is 5.91 Å². The van der Waals surface area contributed by atoms with Crippen LogP contribution in [0, 0.1) is 0 Å². The van der Waals surface area contributed by atoms with Gasteiger partial charge in [0, 0.05) is 31.2 Å². The van der Waals surface area contributed by atoms with Crippen molar-refractivity contribution in [2.24, 2.45) is 0 Å². The number of nitrogens with one attached hydrogen (secondary N) is 2. The quantitative estimate of drug-likeness (QED) is 0.829. The van der Waals surface area contributed by atoms with E-state index in [4.69, 9.17) is 0 Å². The lowest BCUT2D eigenvalue weighted by molar-refractivity contribution is 0.0697. The molecular weight excluding hydrogens is 266 g/mol. The van der Waals surface area contributed by atoms with Gasteiger partial charge in [0.05, 0.1) is 0 Å². The average Bonchev–Trinajstić information content (AvgIpc) is 2.53. The molecule has 2 N–H and O–H groups in total. The fourth-order valence-corrected chi connectivity index (χ4v) is 2.44. The van der Waals surface area contributed by atoms with Gasteiger partial charge in [-0.05, 0) is 25.0 Å². The maximum atomic E-state index is 12.4. The Balaban J connectivity index is 1.90. The molecule has 0 radical (unpaired) electrons. The number of urea groups is 1. The van der Waals surface area contributed by atoms with E-state index in [9.17, 15) is 9.59 Å². The molecule has 0 spiro atoms. The monoisotopic (exact) mass is 287 g/mol. The fraction of sp³-hybridized carbons (Fsp3) is 0.375. The molecule has 1 saturated heterocycles. The van der Waals surface area contributed by atoms with E-state index in [1.807, 2.05) is 30.3 Å². The Morgan fingerprint density at radius 1 is 1.33 bits per heavy atom. The van der Waals surface area contributed by atoms with Crippen molar-refractivity contribution in [2.75, 3.05) is 19.6 Å². The van der Waals surface area contributed by atoms with Crippen LogP contribution in [0.2, 0.25) is 0 Å². The second-order valence-corrected chi connectivity index (χ2v) is 5.10. The summed E-state index contributed by atoms with van der Waals surface area (Å²) >= 11 is 0. The van der Waals surface area contributed by atoms with E-state index in [0.29, 0.717) is 18.7 Å². The highest BCUT2D eigenvalue weighted by molar-refractivity contribution is 5.94. The molecule has 5 heteroatoms. The van der Waals surface area contributed by atoms with E-state index in [-0.39, 0.29) is 18.0 Å². The normalized spacial score (nSPS) is 17.9. The highest BCUT2D eigenvalue weighted by Crippen LogP contribution is 2.13. The van der Waals surface area contributed by atoms with Crippen molar-refractivity contribution in [1.29, 1.82) is 0 Å². The van der Waals surface area contributed by atoms with Gasteiger partial charge < -0.3 is 15.5 Å². The summed E-state index contributed by atoms with van der Waals surface area (Å²) in [7, 11) is 0. The molecule has 0 bridgehead atoms. The van der Waals surface area contributed by atoms with Gasteiger partial charge in [-0.1, -0.05) is 24.3 Å². The molecule has 0 saturated carbocycles. The Morgan fingerprint density at radius 2 is 2.10 bits per heavy atom. The number of carbonyl (C=O) groups excluding carboxylic acids is 2. The smallest absolute Gasteiger partial charge is 0.315 e. The fourth-order valence-electron chi connectivity index (χ4n) is 2.44. The van der Waals surface area contributed by atoms with Gasteiger partial charge in [0.2, 0.25) is 0 Å². The Morgan fingerprint density at radius 3 is 2.81 bits per heavy atom. The lowest BCUT2D eigenvalue weighted by Gasteiger charge is -2.33. The first-order valence-electron chi connectivity index (χ1n) is 7.20. The van der Waals surface area contributed by atoms with Gasteiger partial charge in [-0.2, -0.15) is 0 Å². The van der Waals surface area contributed by atoms with E-state index in [0.717, 1.165) is 19.4 Å². The molecule has 3 amide bonds. The number of amides is 3. The molecule has 1 aliphatic heterocycles. The highest BCUT2D eigenvalue weighted by Gasteiger charge is 2.25. The first-order valence-corrected chi connectivity index (χ1v) is 7.20. The zero-order chi connectivity index (χ0) is 15.1. The summed E-state index contributed by atoms with van der Waals surface area (Å²) < 4.78 is 0. The number of nitrogens with zero attached hydrogens (tertiary/aromatic N) is 1. The molecule has 1 fully saturated rings. The van der Waals surface area contributed by atoms with E-state index in [1.54, 1.807) is 11.0 Å². The third-order valence-corrected chi connectivity index (χ3v) is 3.47. The third-order valence-electron chi connectivity index (χ3n) is 3.47. The van der Waals surface area contributed by atoms with E-state index >= 15 is 0 Å².